The number of ether oxygens (including phenoxy) is 1. The summed E-state index contributed by atoms with van der Waals surface area (Å²) in [7, 11) is 0. The average Bonchev–Trinajstić information content (AvgIpc) is 2.64. The van der Waals surface area contributed by atoms with Crippen LogP contribution >= 0.6 is 0 Å². The summed E-state index contributed by atoms with van der Waals surface area (Å²) in [6.07, 6.45) is 7.08. The lowest BCUT2D eigenvalue weighted by Gasteiger charge is -2.05. The molecule has 1 amide bonds. The van der Waals surface area contributed by atoms with Crippen LogP contribution in [0.25, 0.3) is 16.8 Å². The quantitative estimate of drug-likeness (QED) is 0.768. The first kappa shape index (κ1) is 15.7. The summed E-state index contributed by atoms with van der Waals surface area (Å²) < 4.78 is 5.16. The first-order valence-corrected chi connectivity index (χ1v) is 7.77. The van der Waals surface area contributed by atoms with E-state index in [2.05, 4.69) is 10.3 Å². The maximum Gasteiger partial charge on any atom is 0.407 e. The molecule has 0 saturated carbocycles. The Morgan fingerprint density at radius 1 is 1.08 bits per heavy atom. The van der Waals surface area contributed by atoms with Crippen LogP contribution in [0.4, 0.5) is 4.79 Å². The smallest absolute Gasteiger partial charge is 0.407 e. The second-order valence-corrected chi connectivity index (χ2v) is 5.29. The number of aromatic nitrogens is 1. The number of nitrogens with zero attached hydrogens (tertiary/aromatic N) is 1. The summed E-state index contributed by atoms with van der Waals surface area (Å²) in [5.74, 6) is 0. The van der Waals surface area contributed by atoms with Crippen LogP contribution in [0.15, 0.2) is 73.1 Å². The van der Waals surface area contributed by atoms with Crippen molar-refractivity contribution in [2.75, 3.05) is 6.54 Å². The maximum atomic E-state index is 11.7. The fraction of sp³-hybridized carbons (Fsp3) is 0.100. The van der Waals surface area contributed by atoms with Crippen molar-refractivity contribution in [3.05, 3.63) is 84.2 Å². The number of rotatable bonds is 5. The Morgan fingerprint density at radius 2 is 1.96 bits per heavy atom. The van der Waals surface area contributed by atoms with E-state index in [1.54, 1.807) is 6.20 Å². The molecule has 2 aromatic carbocycles. The number of pyridine rings is 1. The summed E-state index contributed by atoms with van der Waals surface area (Å²) >= 11 is 0. The lowest BCUT2D eigenvalue weighted by atomic mass is 10.1. The molecule has 3 aromatic rings. The highest BCUT2D eigenvalue weighted by molar-refractivity contribution is 5.89. The van der Waals surface area contributed by atoms with Crippen LogP contribution in [0.5, 0.6) is 0 Å². The lowest BCUT2D eigenvalue weighted by Crippen LogP contribution is -2.24. The standard InChI is InChI=1S/C20H18N2O2/c23-20(24-15-16-6-2-1-3-7-16)22-12-5-10-17-8-4-9-18-14-21-13-11-19(17)18/h1-11,13-14H,12,15H2,(H,22,23). The van der Waals surface area contributed by atoms with Gasteiger partial charge in [-0.15, -0.1) is 0 Å². The van der Waals surface area contributed by atoms with E-state index < -0.39 is 6.09 Å². The van der Waals surface area contributed by atoms with Crippen molar-refractivity contribution in [1.82, 2.24) is 10.3 Å². The molecule has 4 heteroatoms. The zero-order chi connectivity index (χ0) is 16.6. The van der Waals surface area contributed by atoms with E-state index in [-0.39, 0.29) is 6.61 Å². The van der Waals surface area contributed by atoms with Gasteiger partial charge in [0, 0.05) is 24.3 Å². The van der Waals surface area contributed by atoms with Gasteiger partial charge in [0.05, 0.1) is 0 Å². The van der Waals surface area contributed by atoms with Crippen LogP contribution in [0.2, 0.25) is 0 Å². The zero-order valence-electron chi connectivity index (χ0n) is 13.2. The molecule has 0 aliphatic rings. The van der Waals surface area contributed by atoms with Crippen molar-refractivity contribution < 1.29 is 9.53 Å². The van der Waals surface area contributed by atoms with Gasteiger partial charge in [0.25, 0.3) is 0 Å². The van der Waals surface area contributed by atoms with Crippen molar-refractivity contribution in [2.24, 2.45) is 0 Å². The van der Waals surface area contributed by atoms with Crippen LogP contribution in [0, 0.1) is 0 Å². The molecular weight excluding hydrogens is 300 g/mol. The molecule has 0 aliphatic carbocycles. The predicted molar refractivity (Wildman–Crippen MR) is 95.4 cm³/mol. The Kier molecular flexibility index (Phi) is 5.20. The molecule has 0 bridgehead atoms. The fourth-order valence-electron chi connectivity index (χ4n) is 2.40. The van der Waals surface area contributed by atoms with Gasteiger partial charge < -0.3 is 10.1 Å². The number of carbonyl (C=O) groups excluding carboxylic acids is 1. The molecule has 24 heavy (non-hydrogen) atoms. The Hall–Kier alpha value is -3.14. The molecule has 1 heterocycles. The van der Waals surface area contributed by atoms with Crippen LogP contribution < -0.4 is 5.32 Å². The third-order valence-corrected chi connectivity index (χ3v) is 3.59. The topological polar surface area (TPSA) is 51.2 Å². The molecule has 1 aromatic heterocycles. The van der Waals surface area contributed by atoms with Crippen molar-refractivity contribution in [2.45, 2.75) is 6.61 Å². The molecule has 0 spiro atoms. The van der Waals surface area contributed by atoms with E-state index >= 15 is 0 Å². The molecule has 3 rings (SSSR count). The number of hydrogen-bond acceptors (Lipinski definition) is 3. The molecular formula is C20H18N2O2. The second kappa shape index (κ2) is 7.92. The van der Waals surface area contributed by atoms with Gasteiger partial charge in [-0.25, -0.2) is 4.79 Å². The molecule has 0 fully saturated rings. The Labute approximate surface area is 140 Å². The minimum atomic E-state index is -0.425. The van der Waals surface area contributed by atoms with Crippen molar-refractivity contribution >= 4 is 22.9 Å². The minimum absolute atomic E-state index is 0.271. The van der Waals surface area contributed by atoms with E-state index in [4.69, 9.17) is 4.74 Å². The second-order valence-electron chi connectivity index (χ2n) is 5.29. The van der Waals surface area contributed by atoms with Gasteiger partial charge in [-0.2, -0.15) is 0 Å². The Morgan fingerprint density at radius 3 is 2.83 bits per heavy atom. The van der Waals surface area contributed by atoms with Crippen LogP contribution in [0.3, 0.4) is 0 Å². The van der Waals surface area contributed by atoms with Gasteiger partial charge in [0.1, 0.15) is 6.61 Å². The molecule has 0 aliphatic heterocycles. The van der Waals surface area contributed by atoms with Gasteiger partial charge in [0.15, 0.2) is 0 Å². The largest absolute Gasteiger partial charge is 0.445 e. The van der Waals surface area contributed by atoms with Gasteiger partial charge >= 0.3 is 6.09 Å². The number of hydrogen-bond donors (Lipinski definition) is 1. The average molecular weight is 318 g/mol. The van der Waals surface area contributed by atoms with Crippen molar-refractivity contribution in [3.8, 4) is 0 Å². The first-order chi connectivity index (χ1) is 11.8. The minimum Gasteiger partial charge on any atom is -0.445 e. The number of alkyl carbamates (subject to hydrolysis) is 1. The summed E-state index contributed by atoms with van der Waals surface area (Å²) in [5, 5.41) is 4.94. The highest BCUT2D eigenvalue weighted by Crippen LogP contribution is 2.18. The van der Waals surface area contributed by atoms with Gasteiger partial charge in [-0.05, 0) is 22.6 Å². The summed E-state index contributed by atoms with van der Waals surface area (Å²) in [4.78, 5) is 15.8. The summed E-state index contributed by atoms with van der Waals surface area (Å²) in [5.41, 5.74) is 2.06. The molecule has 0 unspecified atom stereocenters. The third-order valence-electron chi connectivity index (χ3n) is 3.59. The van der Waals surface area contributed by atoms with E-state index in [9.17, 15) is 4.79 Å². The van der Waals surface area contributed by atoms with Gasteiger partial charge in [0.2, 0.25) is 0 Å². The maximum absolute atomic E-state index is 11.7. The van der Waals surface area contributed by atoms with Crippen LogP contribution in [0.1, 0.15) is 11.1 Å². The third kappa shape index (κ3) is 4.20. The number of benzene rings is 2. The molecule has 0 radical (unpaired) electrons. The van der Waals surface area contributed by atoms with Gasteiger partial charge in [-0.3, -0.25) is 4.98 Å². The number of carbonyl (C=O) groups is 1. The number of nitrogens with one attached hydrogen (secondary N) is 1. The Balaban J connectivity index is 1.50. The van der Waals surface area contributed by atoms with E-state index in [1.807, 2.05) is 72.9 Å². The SMILES string of the molecule is O=C(NCC=Cc1cccc2cnccc12)OCc1ccccc1. The van der Waals surface area contributed by atoms with Crippen molar-refractivity contribution in [1.29, 1.82) is 0 Å². The normalized spacial score (nSPS) is 10.8. The lowest BCUT2D eigenvalue weighted by molar-refractivity contribution is 0.141. The highest BCUT2D eigenvalue weighted by atomic mass is 16.5. The number of amides is 1. The fourth-order valence-corrected chi connectivity index (χ4v) is 2.40. The van der Waals surface area contributed by atoms with E-state index in [1.165, 1.54) is 0 Å². The Bertz CT molecular complexity index is 839. The highest BCUT2D eigenvalue weighted by Gasteiger charge is 2.00. The monoisotopic (exact) mass is 318 g/mol. The molecule has 1 N–H and O–H groups in total. The predicted octanol–water partition coefficient (Wildman–Crippen LogP) is 4.17. The molecule has 4 nitrogen and oxygen atoms in total. The number of fused-ring (bicyclic) bond motifs is 1. The van der Waals surface area contributed by atoms with E-state index in [0.29, 0.717) is 6.54 Å². The zero-order valence-corrected chi connectivity index (χ0v) is 13.2. The molecule has 0 atom stereocenters. The van der Waals surface area contributed by atoms with Crippen LogP contribution in [-0.4, -0.2) is 17.6 Å². The summed E-state index contributed by atoms with van der Waals surface area (Å²) in [6.45, 7) is 0.682. The summed E-state index contributed by atoms with van der Waals surface area (Å²) in [6, 6.07) is 17.6. The van der Waals surface area contributed by atoms with Gasteiger partial charge in [-0.1, -0.05) is 60.7 Å². The molecule has 0 saturated heterocycles. The molecule has 120 valence electrons. The van der Waals surface area contributed by atoms with Crippen molar-refractivity contribution in [3.63, 3.8) is 0 Å². The van der Waals surface area contributed by atoms with E-state index in [0.717, 1.165) is 21.9 Å². The van der Waals surface area contributed by atoms with Crippen LogP contribution in [-0.2, 0) is 11.3 Å². The first-order valence-electron chi connectivity index (χ1n) is 7.77.